The Kier molecular flexibility index (Phi) is 3.53. The highest BCUT2D eigenvalue weighted by Gasteiger charge is 2.17. The van der Waals surface area contributed by atoms with E-state index in [0.29, 0.717) is 16.9 Å². The Balaban J connectivity index is 3.54. The predicted octanol–water partition coefficient (Wildman–Crippen LogP) is 2.00. The van der Waals surface area contributed by atoms with Crippen LogP contribution in [0.3, 0.4) is 0 Å². The van der Waals surface area contributed by atoms with Crippen LogP contribution in [0.4, 0.5) is 0 Å². The molecule has 0 saturated heterocycles. The van der Waals surface area contributed by atoms with Crippen molar-refractivity contribution in [1.29, 1.82) is 10.5 Å². The van der Waals surface area contributed by atoms with Crippen LogP contribution in [0.5, 0.6) is 0 Å². The molecule has 0 fully saturated rings. The molecule has 0 unspecified atom stereocenters. The summed E-state index contributed by atoms with van der Waals surface area (Å²) in [6, 6.07) is 3.60. The minimum atomic E-state index is -0.0412. The van der Waals surface area contributed by atoms with Crippen LogP contribution in [0, 0.1) is 22.7 Å². The Hall–Kier alpha value is -2.46. The molecule has 1 rings (SSSR count). The van der Waals surface area contributed by atoms with Crippen LogP contribution in [0.25, 0.3) is 0 Å². The molecule has 3 nitrogen and oxygen atoms in total. The Morgan fingerprint density at radius 2 is 1.94 bits per heavy atom. The molecule has 1 aliphatic heterocycles. The average molecular weight is 206 g/mol. The first-order valence-corrected chi connectivity index (χ1v) is 4.37. The van der Waals surface area contributed by atoms with Gasteiger partial charge in [0.1, 0.15) is 23.5 Å². The summed E-state index contributed by atoms with van der Waals surface area (Å²) in [4.78, 5) is 0. The van der Waals surface area contributed by atoms with E-state index in [1.807, 2.05) is 0 Å². The summed E-state index contributed by atoms with van der Waals surface area (Å²) in [7, 11) is 5.52. The van der Waals surface area contributed by atoms with Crippen LogP contribution in [0.15, 0.2) is 59.5 Å². The molecular formula is C12H7BN2O. The van der Waals surface area contributed by atoms with Crippen molar-refractivity contribution in [1.82, 2.24) is 0 Å². The van der Waals surface area contributed by atoms with Gasteiger partial charge in [0, 0.05) is 16.8 Å². The molecule has 0 aromatic rings. The highest BCUT2D eigenvalue weighted by atomic mass is 16.5. The van der Waals surface area contributed by atoms with Gasteiger partial charge in [-0.2, -0.15) is 10.5 Å². The smallest absolute Gasteiger partial charge is 0.167 e. The van der Waals surface area contributed by atoms with Crippen LogP contribution in [0.1, 0.15) is 0 Å². The molecule has 0 aromatic heterocycles. The zero-order chi connectivity index (χ0) is 12.1. The Morgan fingerprint density at radius 1 is 1.31 bits per heavy atom. The van der Waals surface area contributed by atoms with Gasteiger partial charge in [-0.25, -0.2) is 0 Å². The standard InChI is InChI=1S/C12H7BN2O/c1-3-9-10(8(6-14)7-15)5-12(13)16-11(9)4-2/h3-5H,1-2H2. The molecule has 0 N–H and O–H groups in total. The van der Waals surface area contributed by atoms with Gasteiger partial charge in [-0.1, -0.05) is 19.2 Å². The second kappa shape index (κ2) is 4.86. The maximum absolute atomic E-state index is 8.81. The number of hydrogen-bond acceptors (Lipinski definition) is 3. The molecule has 2 radical (unpaired) electrons. The third-order valence-corrected chi connectivity index (χ3v) is 1.95. The van der Waals surface area contributed by atoms with Crippen molar-refractivity contribution < 1.29 is 4.74 Å². The van der Waals surface area contributed by atoms with Crippen molar-refractivity contribution in [2.45, 2.75) is 0 Å². The molecule has 16 heavy (non-hydrogen) atoms. The van der Waals surface area contributed by atoms with Gasteiger partial charge in [0.2, 0.25) is 0 Å². The summed E-state index contributed by atoms with van der Waals surface area (Å²) in [5.74, 6) is 0.382. The van der Waals surface area contributed by atoms with Gasteiger partial charge < -0.3 is 4.74 Å². The molecule has 0 aromatic carbocycles. The number of hydrogen-bond donors (Lipinski definition) is 0. The van der Waals surface area contributed by atoms with Crippen LogP contribution in [-0.2, 0) is 4.74 Å². The van der Waals surface area contributed by atoms with Crippen molar-refractivity contribution >= 4 is 7.85 Å². The van der Waals surface area contributed by atoms with Gasteiger partial charge in [0.25, 0.3) is 0 Å². The van der Waals surface area contributed by atoms with E-state index in [2.05, 4.69) is 13.2 Å². The molecule has 1 heterocycles. The third kappa shape index (κ3) is 1.97. The SMILES string of the molecule is [B]C1=CC(=C(C#N)C#N)C(C=C)=C(C=C)O1. The predicted molar refractivity (Wildman–Crippen MR) is 60.6 cm³/mol. The van der Waals surface area contributed by atoms with E-state index >= 15 is 0 Å². The maximum Gasteiger partial charge on any atom is 0.167 e. The van der Waals surface area contributed by atoms with Crippen LogP contribution < -0.4 is 0 Å². The van der Waals surface area contributed by atoms with Gasteiger partial charge in [-0.3, -0.25) is 0 Å². The van der Waals surface area contributed by atoms with E-state index in [0.717, 1.165) is 0 Å². The highest BCUT2D eigenvalue weighted by molar-refractivity contribution is 6.20. The fourth-order valence-corrected chi connectivity index (χ4v) is 1.28. The van der Waals surface area contributed by atoms with Crippen LogP contribution in [0.2, 0.25) is 0 Å². The van der Waals surface area contributed by atoms with Gasteiger partial charge in [0.05, 0.1) is 0 Å². The molecule has 1 aliphatic rings. The third-order valence-electron chi connectivity index (χ3n) is 1.95. The summed E-state index contributed by atoms with van der Waals surface area (Å²) < 4.78 is 5.18. The van der Waals surface area contributed by atoms with E-state index in [1.165, 1.54) is 18.2 Å². The van der Waals surface area contributed by atoms with E-state index in [4.69, 9.17) is 23.1 Å². The Morgan fingerprint density at radius 3 is 2.38 bits per heavy atom. The monoisotopic (exact) mass is 206 g/mol. The first-order valence-electron chi connectivity index (χ1n) is 4.37. The normalized spacial score (nSPS) is 14.1. The number of nitriles is 2. The quantitative estimate of drug-likeness (QED) is 0.512. The molecular weight excluding hydrogens is 199 g/mol. The van der Waals surface area contributed by atoms with Crippen molar-refractivity contribution in [3.05, 3.63) is 59.5 Å². The zero-order valence-electron chi connectivity index (χ0n) is 8.53. The van der Waals surface area contributed by atoms with Crippen molar-refractivity contribution in [2.24, 2.45) is 0 Å². The fraction of sp³-hybridized carbons (Fsp3) is 0. The Labute approximate surface area is 95.4 Å². The van der Waals surface area contributed by atoms with Gasteiger partial charge in [-0.15, -0.1) is 0 Å². The largest absolute Gasteiger partial charge is 0.473 e. The van der Waals surface area contributed by atoms with Crippen molar-refractivity contribution in [3.63, 3.8) is 0 Å². The molecule has 74 valence electrons. The van der Waals surface area contributed by atoms with Crippen LogP contribution >= 0.6 is 0 Å². The van der Waals surface area contributed by atoms with Gasteiger partial charge in [-0.05, 0) is 12.2 Å². The lowest BCUT2D eigenvalue weighted by Gasteiger charge is -2.18. The second-order valence-electron chi connectivity index (χ2n) is 2.85. The minimum absolute atomic E-state index is 0.0412. The summed E-state index contributed by atoms with van der Waals surface area (Å²) in [5.41, 5.74) is 1.000. The molecule has 0 atom stereocenters. The zero-order valence-corrected chi connectivity index (χ0v) is 8.53. The van der Waals surface area contributed by atoms with E-state index in [-0.39, 0.29) is 11.2 Å². The lowest BCUT2D eigenvalue weighted by Crippen LogP contribution is -2.05. The van der Waals surface area contributed by atoms with Gasteiger partial charge >= 0.3 is 0 Å². The Bertz CT molecular complexity index is 508. The summed E-state index contributed by atoms with van der Waals surface area (Å²) >= 11 is 0. The molecule has 0 aliphatic carbocycles. The first-order chi connectivity index (χ1) is 7.67. The molecule has 0 spiro atoms. The molecule has 4 heteroatoms. The van der Waals surface area contributed by atoms with Crippen molar-refractivity contribution in [3.8, 4) is 12.1 Å². The summed E-state index contributed by atoms with van der Waals surface area (Å²) in [6.07, 6.45) is 4.36. The average Bonchev–Trinajstić information content (AvgIpc) is 2.30. The van der Waals surface area contributed by atoms with E-state index in [9.17, 15) is 0 Å². The molecule has 0 amide bonds. The maximum atomic E-state index is 8.81. The fourth-order valence-electron chi connectivity index (χ4n) is 1.28. The van der Waals surface area contributed by atoms with Gasteiger partial charge in [0.15, 0.2) is 7.85 Å². The number of rotatable bonds is 2. The van der Waals surface area contributed by atoms with E-state index in [1.54, 1.807) is 12.1 Å². The lowest BCUT2D eigenvalue weighted by molar-refractivity contribution is 0.343. The summed E-state index contributed by atoms with van der Waals surface area (Å²) in [6.45, 7) is 7.16. The molecule has 0 bridgehead atoms. The lowest BCUT2D eigenvalue weighted by atomic mass is 9.92. The highest BCUT2D eigenvalue weighted by Crippen LogP contribution is 2.28. The number of ether oxygens (including phenoxy) is 1. The number of nitrogens with zero attached hydrogens (tertiary/aromatic N) is 2. The first kappa shape index (κ1) is 11.6. The van der Waals surface area contributed by atoms with E-state index < -0.39 is 0 Å². The summed E-state index contributed by atoms with van der Waals surface area (Å²) in [5, 5.41) is 17.6. The van der Waals surface area contributed by atoms with Crippen molar-refractivity contribution in [2.75, 3.05) is 0 Å². The second-order valence-corrected chi connectivity index (χ2v) is 2.85. The topological polar surface area (TPSA) is 56.8 Å². The molecule has 0 saturated carbocycles. The number of allylic oxidation sites excluding steroid dienone is 6. The van der Waals surface area contributed by atoms with Crippen LogP contribution in [-0.4, -0.2) is 7.85 Å². The minimum Gasteiger partial charge on any atom is -0.473 e.